The van der Waals surface area contributed by atoms with Crippen LogP contribution in [0.25, 0.3) is 0 Å². The van der Waals surface area contributed by atoms with Crippen LogP contribution in [0.2, 0.25) is 0 Å². The third kappa shape index (κ3) is 30.6. The number of carbonyl (C=O) groups excluding carboxylic acids is 2. The molecule has 240 valence electrons. The number of ether oxygens (including phenoxy) is 2. The van der Waals surface area contributed by atoms with Gasteiger partial charge in [-0.15, -0.1) is 0 Å². The molecule has 0 heterocycles. The van der Waals surface area contributed by atoms with Crippen LogP contribution in [0, 0.1) is 0 Å². The third-order valence-corrected chi connectivity index (χ3v) is 6.83. The van der Waals surface area contributed by atoms with E-state index < -0.39 is 6.10 Å². The lowest BCUT2D eigenvalue weighted by molar-refractivity contribution is -0.161. The first-order valence-electron chi connectivity index (χ1n) is 16.8. The average molecular weight is 587 g/mol. The van der Waals surface area contributed by atoms with Crippen molar-refractivity contribution < 1.29 is 24.2 Å². The van der Waals surface area contributed by atoms with E-state index in [1.165, 1.54) is 25.7 Å². The highest BCUT2D eigenvalue weighted by Crippen LogP contribution is 2.11. The van der Waals surface area contributed by atoms with Crippen molar-refractivity contribution in [2.45, 2.75) is 148 Å². The highest BCUT2D eigenvalue weighted by molar-refractivity contribution is 5.70. The molecule has 0 radical (unpaired) electrons. The summed E-state index contributed by atoms with van der Waals surface area (Å²) in [5, 5.41) is 9.47. The smallest absolute Gasteiger partial charge is 0.306 e. The first-order chi connectivity index (χ1) is 20.6. The van der Waals surface area contributed by atoms with Gasteiger partial charge in [0, 0.05) is 12.8 Å². The van der Waals surface area contributed by atoms with Crippen LogP contribution in [0.5, 0.6) is 0 Å². The Morgan fingerprint density at radius 3 is 1.55 bits per heavy atom. The molecule has 0 bridgehead atoms. The minimum Gasteiger partial charge on any atom is -0.462 e. The molecule has 0 aliphatic heterocycles. The van der Waals surface area contributed by atoms with E-state index in [1.807, 2.05) is 0 Å². The van der Waals surface area contributed by atoms with Gasteiger partial charge in [0.15, 0.2) is 6.10 Å². The third-order valence-electron chi connectivity index (χ3n) is 6.83. The van der Waals surface area contributed by atoms with E-state index in [0.717, 1.165) is 89.9 Å². The van der Waals surface area contributed by atoms with Gasteiger partial charge in [0.2, 0.25) is 0 Å². The Morgan fingerprint density at radius 2 is 1.02 bits per heavy atom. The Balaban J connectivity index is 3.65. The molecule has 0 aliphatic carbocycles. The number of aliphatic hydroxyl groups is 1. The summed E-state index contributed by atoms with van der Waals surface area (Å²) >= 11 is 0. The lowest BCUT2D eigenvalue weighted by Gasteiger charge is -2.15. The molecular weight excluding hydrogens is 524 g/mol. The zero-order valence-electron chi connectivity index (χ0n) is 27.0. The van der Waals surface area contributed by atoms with Crippen LogP contribution in [0.3, 0.4) is 0 Å². The molecule has 1 unspecified atom stereocenters. The zero-order valence-corrected chi connectivity index (χ0v) is 27.0. The van der Waals surface area contributed by atoms with Crippen molar-refractivity contribution in [3.63, 3.8) is 0 Å². The topological polar surface area (TPSA) is 72.8 Å². The van der Waals surface area contributed by atoms with Crippen molar-refractivity contribution in [2.75, 3.05) is 13.2 Å². The number of rotatable bonds is 29. The molecule has 5 heteroatoms. The van der Waals surface area contributed by atoms with Gasteiger partial charge in [-0.2, -0.15) is 0 Å². The van der Waals surface area contributed by atoms with E-state index in [-0.39, 0.29) is 25.2 Å². The molecular formula is C37H62O5. The second kappa shape index (κ2) is 33.1. The Kier molecular flexibility index (Phi) is 31.2. The van der Waals surface area contributed by atoms with Crippen LogP contribution < -0.4 is 0 Å². The van der Waals surface area contributed by atoms with Crippen molar-refractivity contribution in [3.05, 3.63) is 60.8 Å². The van der Waals surface area contributed by atoms with Gasteiger partial charge >= 0.3 is 11.9 Å². The summed E-state index contributed by atoms with van der Waals surface area (Å²) in [7, 11) is 0. The van der Waals surface area contributed by atoms with E-state index in [4.69, 9.17) is 9.47 Å². The summed E-state index contributed by atoms with van der Waals surface area (Å²) in [6.45, 7) is 3.93. The number of hydrogen-bond donors (Lipinski definition) is 1. The summed E-state index contributed by atoms with van der Waals surface area (Å²) in [6.07, 6.45) is 41.4. The number of allylic oxidation sites excluding steroid dienone is 10. The van der Waals surface area contributed by atoms with E-state index in [2.05, 4.69) is 74.6 Å². The van der Waals surface area contributed by atoms with Crippen molar-refractivity contribution in [3.8, 4) is 0 Å². The van der Waals surface area contributed by atoms with E-state index in [9.17, 15) is 14.7 Å². The van der Waals surface area contributed by atoms with E-state index in [1.54, 1.807) is 0 Å². The molecule has 0 saturated carbocycles. The molecule has 0 aromatic rings. The van der Waals surface area contributed by atoms with Crippen molar-refractivity contribution in [2.24, 2.45) is 0 Å². The normalized spacial score (nSPS) is 12.9. The Morgan fingerprint density at radius 1 is 0.571 bits per heavy atom. The fourth-order valence-electron chi connectivity index (χ4n) is 4.28. The van der Waals surface area contributed by atoms with Gasteiger partial charge in [-0.3, -0.25) is 9.59 Å². The summed E-state index contributed by atoms with van der Waals surface area (Å²) in [6, 6.07) is 0. The van der Waals surface area contributed by atoms with Crippen LogP contribution in [0.15, 0.2) is 60.8 Å². The van der Waals surface area contributed by atoms with Gasteiger partial charge < -0.3 is 14.6 Å². The minimum atomic E-state index is -0.779. The molecule has 0 saturated heterocycles. The summed E-state index contributed by atoms with van der Waals surface area (Å²) in [4.78, 5) is 24.0. The van der Waals surface area contributed by atoms with Crippen LogP contribution in [-0.4, -0.2) is 36.4 Å². The Hall–Kier alpha value is -2.40. The number of aliphatic hydroxyl groups excluding tert-OH is 1. The molecule has 0 fully saturated rings. The van der Waals surface area contributed by atoms with E-state index in [0.29, 0.717) is 12.8 Å². The highest BCUT2D eigenvalue weighted by Gasteiger charge is 2.16. The summed E-state index contributed by atoms with van der Waals surface area (Å²) < 4.78 is 10.5. The maximum Gasteiger partial charge on any atom is 0.306 e. The second-order valence-corrected chi connectivity index (χ2v) is 10.9. The number of hydrogen-bond acceptors (Lipinski definition) is 5. The van der Waals surface area contributed by atoms with Crippen LogP contribution in [0.1, 0.15) is 142 Å². The van der Waals surface area contributed by atoms with Crippen molar-refractivity contribution in [1.29, 1.82) is 0 Å². The second-order valence-electron chi connectivity index (χ2n) is 10.9. The maximum atomic E-state index is 12.1. The van der Waals surface area contributed by atoms with Gasteiger partial charge in [0.25, 0.3) is 0 Å². The summed E-state index contributed by atoms with van der Waals surface area (Å²) in [5.41, 5.74) is 0. The highest BCUT2D eigenvalue weighted by atomic mass is 16.6. The molecule has 1 atom stereocenters. The zero-order chi connectivity index (χ0) is 30.8. The van der Waals surface area contributed by atoms with Crippen molar-refractivity contribution in [1.82, 2.24) is 0 Å². The minimum absolute atomic E-state index is 0.0760. The molecule has 0 aromatic heterocycles. The van der Waals surface area contributed by atoms with Gasteiger partial charge in [-0.25, -0.2) is 0 Å². The lowest BCUT2D eigenvalue weighted by atomic mass is 10.1. The Bertz CT molecular complexity index is 762. The fraction of sp³-hybridized carbons (Fsp3) is 0.676. The number of carbonyl (C=O) groups is 2. The molecule has 0 amide bonds. The monoisotopic (exact) mass is 586 g/mol. The van der Waals surface area contributed by atoms with Crippen molar-refractivity contribution >= 4 is 11.9 Å². The number of unbranched alkanes of at least 4 members (excludes halogenated alkanes) is 11. The molecule has 0 aliphatic rings. The lowest BCUT2D eigenvalue weighted by Crippen LogP contribution is -2.28. The average Bonchev–Trinajstić information content (AvgIpc) is 2.99. The molecule has 0 rings (SSSR count). The standard InChI is InChI=1S/C37H62O5/c1-3-5-7-9-11-12-13-14-15-16-17-18-19-20-21-22-23-24-26-28-30-32-37(40)42-35(33-38)34-41-36(39)31-29-27-25-10-8-6-4-2/h5,7,11-12,14-15,17-18,20-21,35,38H,3-4,6,8-10,13,16,19,22-34H2,1-2H3/b7-5-,12-11-,15-14-,18-17-,21-20-. The SMILES string of the molecule is CC/C=C\C/C=C\C/C=C\C/C=C\C/C=C\CCCCCCCC(=O)OC(CO)COC(=O)CCCCCCCCC. The van der Waals surface area contributed by atoms with Gasteiger partial charge in [-0.1, -0.05) is 132 Å². The molecule has 0 aromatic carbocycles. The molecule has 42 heavy (non-hydrogen) atoms. The Labute approximate surface area is 258 Å². The quantitative estimate of drug-likeness (QED) is 0.0536. The van der Waals surface area contributed by atoms with Crippen LogP contribution in [0.4, 0.5) is 0 Å². The first kappa shape index (κ1) is 39.6. The predicted octanol–water partition coefficient (Wildman–Crippen LogP) is 10.1. The molecule has 0 spiro atoms. The van der Waals surface area contributed by atoms with Gasteiger partial charge in [0.1, 0.15) is 6.61 Å². The molecule has 5 nitrogen and oxygen atoms in total. The van der Waals surface area contributed by atoms with Gasteiger partial charge in [0.05, 0.1) is 6.61 Å². The molecule has 1 N–H and O–H groups in total. The maximum absolute atomic E-state index is 12.1. The summed E-state index contributed by atoms with van der Waals surface area (Å²) in [5.74, 6) is -0.626. The largest absolute Gasteiger partial charge is 0.462 e. The predicted molar refractivity (Wildman–Crippen MR) is 177 cm³/mol. The van der Waals surface area contributed by atoms with E-state index >= 15 is 0 Å². The fourth-order valence-corrected chi connectivity index (χ4v) is 4.28. The van der Waals surface area contributed by atoms with Gasteiger partial charge in [-0.05, 0) is 57.8 Å². The van der Waals surface area contributed by atoms with Crippen LogP contribution in [-0.2, 0) is 19.1 Å². The number of esters is 2. The first-order valence-corrected chi connectivity index (χ1v) is 16.8. The van der Waals surface area contributed by atoms with Crippen LogP contribution >= 0.6 is 0 Å².